The lowest BCUT2D eigenvalue weighted by atomic mass is 10.0. The molecule has 0 aliphatic carbocycles. The van der Waals surface area contributed by atoms with E-state index in [9.17, 15) is 0 Å². The molecule has 0 spiro atoms. The van der Waals surface area contributed by atoms with Crippen LogP contribution >= 0.6 is 15.9 Å². The van der Waals surface area contributed by atoms with E-state index in [2.05, 4.69) is 143 Å². The lowest BCUT2D eigenvalue weighted by Crippen LogP contribution is -2.00. The van der Waals surface area contributed by atoms with Crippen LogP contribution in [0.25, 0.3) is 66.8 Å². The summed E-state index contributed by atoms with van der Waals surface area (Å²) in [6, 6.07) is 46.1. The van der Waals surface area contributed by atoms with Gasteiger partial charge in [0.05, 0.1) is 0 Å². The second kappa shape index (κ2) is 9.90. The van der Waals surface area contributed by atoms with Gasteiger partial charge in [-0.15, -0.1) is 0 Å². The van der Waals surface area contributed by atoms with Gasteiger partial charge in [-0.1, -0.05) is 119 Å². The molecule has 0 atom stereocenters. The van der Waals surface area contributed by atoms with Gasteiger partial charge in [-0.25, -0.2) is 15.0 Å². The van der Waals surface area contributed by atoms with Crippen LogP contribution in [0.3, 0.4) is 0 Å². The summed E-state index contributed by atoms with van der Waals surface area (Å²) in [4.78, 5) is 15.0. The highest BCUT2D eigenvalue weighted by Crippen LogP contribution is 2.31. The van der Waals surface area contributed by atoms with Gasteiger partial charge in [0.1, 0.15) is 0 Å². The fourth-order valence-electron chi connectivity index (χ4n) is 4.92. The minimum absolute atomic E-state index is 0.648. The third-order valence-corrected chi connectivity index (χ3v) is 7.42. The Labute approximate surface area is 235 Å². The highest BCUT2D eigenvalue weighted by molar-refractivity contribution is 9.10. The minimum atomic E-state index is 0.648. The zero-order valence-electron chi connectivity index (χ0n) is 20.9. The van der Waals surface area contributed by atoms with E-state index >= 15 is 0 Å². The molecule has 3 nitrogen and oxygen atoms in total. The Hall–Kier alpha value is -4.67. The Bertz CT molecular complexity index is 1980. The molecule has 1 aromatic heterocycles. The number of halogens is 1. The number of hydrogen-bond donors (Lipinski definition) is 0. The summed E-state index contributed by atoms with van der Waals surface area (Å²) in [6.07, 6.45) is 0. The van der Waals surface area contributed by atoms with Crippen molar-refractivity contribution in [3.8, 4) is 45.3 Å². The second-order valence-corrected chi connectivity index (χ2v) is 10.4. The molecule has 7 rings (SSSR count). The number of rotatable bonds is 4. The summed E-state index contributed by atoms with van der Waals surface area (Å²) in [5.74, 6) is 1.95. The Balaban J connectivity index is 1.42. The lowest BCUT2D eigenvalue weighted by Gasteiger charge is -2.11. The molecule has 0 saturated carbocycles. The maximum Gasteiger partial charge on any atom is 0.164 e. The van der Waals surface area contributed by atoms with Crippen molar-refractivity contribution in [3.63, 3.8) is 0 Å². The summed E-state index contributed by atoms with van der Waals surface area (Å²) in [7, 11) is 0. The smallest absolute Gasteiger partial charge is 0.164 e. The fourth-order valence-corrected chi connectivity index (χ4v) is 5.30. The quantitative estimate of drug-likeness (QED) is 0.214. The normalized spacial score (nSPS) is 11.2. The SMILES string of the molecule is Brc1ccc2ccc(-c3nc(-c4cccc(-c5ccccc5)c4)nc(-c4ccc5ccccc5c4)n3)cc2c1. The van der Waals surface area contributed by atoms with Crippen LogP contribution in [0.1, 0.15) is 0 Å². The van der Waals surface area contributed by atoms with Gasteiger partial charge in [0, 0.05) is 21.2 Å². The molecule has 4 heteroatoms. The van der Waals surface area contributed by atoms with Crippen LogP contribution in [0.5, 0.6) is 0 Å². The maximum atomic E-state index is 4.99. The van der Waals surface area contributed by atoms with Crippen molar-refractivity contribution < 1.29 is 0 Å². The van der Waals surface area contributed by atoms with E-state index in [0.29, 0.717) is 17.5 Å². The molecule has 184 valence electrons. The van der Waals surface area contributed by atoms with Gasteiger partial charge in [-0.2, -0.15) is 0 Å². The van der Waals surface area contributed by atoms with Crippen LogP contribution in [0, 0.1) is 0 Å². The van der Waals surface area contributed by atoms with E-state index in [1.54, 1.807) is 0 Å². The minimum Gasteiger partial charge on any atom is -0.208 e. The first-order valence-corrected chi connectivity index (χ1v) is 13.6. The van der Waals surface area contributed by atoms with Gasteiger partial charge in [0.15, 0.2) is 17.5 Å². The van der Waals surface area contributed by atoms with Crippen molar-refractivity contribution in [3.05, 3.63) is 138 Å². The summed E-state index contributed by atoms with van der Waals surface area (Å²) in [5, 5.41) is 4.63. The molecule has 0 N–H and O–H groups in total. The lowest BCUT2D eigenvalue weighted by molar-refractivity contribution is 1.08. The fraction of sp³-hybridized carbons (Fsp3) is 0. The average molecular weight is 564 g/mol. The zero-order valence-corrected chi connectivity index (χ0v) is 22.5. The van der Waals surface area contributed by atoms with Crippen molar-refractivity contribution in [2.24, 2.45) is 0 Å². The molecule has 39 heavy (non-hydrogen) atoms. The van der Waals surface area contributed by atoms with E-state index in [4.69, 9.17) is 15.0 Å². The predicted octanol–water partition coefficient (Wildman–Crippen LogP) is 9.61. The number of benzene rings is 6. The highest BCUT2D eigenvalue weighted by atomic mass is 79.9. The number of nitrogens with zero attached hydrogens (tertiary/aromatic N) is 3. The van der Waals surface area contributed by atoms with Crippen molar-refractivity contribution in [2.75, 3.05) is 0 Å². The van der Waals surface area contributed by atoms with Crippen LogP contribution < -0.4 is 0 Å². The van der Waals surface area contributed by atoms with Crippen molar-refractivity contribution in [2.45, 2.75) is 0 Å². The number of hydrogen-bond acceptors (Lipinski definition) is 3. The standard InChI is InChI=1S/C35H22BrN3/c36-32-18-17-25-14-16-30(21-31(25)22-32)35-38-33(28-12-6-11-27(19-28)23-7-2-1-3-8-23)37-34(39-35)29-15-13-24-9-4-5-10-26(24)20-29/h1-22H. The Morgan fingerprint density at radius 1 is 0.333 bits per heavy atom. The molecule has 0 saturated heterocycles. The molecular formula is C35H22BrN3. The molecule has 0 bridgehead atoms. The van der Waals surface area contributed by atoms with Crippen LogP contribution in [0.15, 0.2) is 138 Å². The first-order valence-electron chi connectivity index (χ1n) is 12.8. The van der Waals surface area contributed by atoms with Crippen LogP contribution in [0.4, 0.5) is 0 Å². The molecule has 0 fully saturated rings. The third-order valence-electron chi connectivity index (χ3n) is 6.93. The molecular weight excluding hydrogens is 542 g/mol. The largest absolute Gasteiger partial charge is 0.208 e. The molecule has 7 aromatic rings. The van der Waals surface area contributed by atoms with Gasteiger partial charge in [-0.3, -0.25) is 0 Å². The van der Waals surface area contributed by atoms with E-state index < -0.39 is 0 Å². The van der Waals surface area contributed by atoms with Gasteiger partial charge < -0.3 is 0 Å². The summed E-state index contributed by atoms with van der Waals surface area (Å²) < 4.78 is 1.04. The Kier molecular flexibility index (Phi) is 5.95. The molecule has 0 aliphatic heterocycles. The van der Waals surface area contributed by atoms with Gasteiger partial charge in [0.25, 0.3) is 0 Å². The number of fused-ring (bicyclic) bond motifs is 2. The van der Waals surface area contributed by atoms with Gasteiger partial charge >= 0.3 is 0 Å². The van der Waals surface area contributed by atoms with Crippen molar-refractivity contribution in [1.82, 2.24) is 15.0 Å². The number of aromatic nitrogens is 3. The first-order chi connectivity index (χ1) is 19.2. The van der Waals surface area contributed by atoms with Gasteiger partial charge in [-0.05, 0) is 63.0 Å². The van der Waals surface area contributed by atoms with Crippen LogP contribution in [0.2, 0.25) is 0 Å². The summed E-state index contributed by atoms with van der Waals surface area (Å²) in [5.41, 5.74) is 5.14. The Morgan fingerprint density at radius 3 is 1.56 bits per heavy atom. The second-order valence-electron chi connectivity index (χ2n) is 9.52. The Morgan fingerprint density at radius 2 is 0.846 bits per heavy atom. The van der Waals surface area contributed by atoms with E-state index in [1.165, 1.54) is 10.8 Å². The highest BCUT2D eigenvalue weighted by Gasteiger charge is 2.14. The maximum absolute atomic E-state index is 4.99. The first kappa shape index (κ1) is 23.4. The molecule has 6 aromatic carbocycles. The van der Waals surface area contributed by atoms with E-state index in [0.717, 1.165) is 43.1 Å². The van der Waals surface area contributed by atoms with Gasteiger partial charge in [0.2, 0.25) is 0 Å². The molecule has 1 heterocycles. The monoisotopic (exact) mass is 563 g/mol. The molecule has 0 unspecified atom stereocenters. The van der Waals surface area contributed by atoms with Crippen molar-refractivity contribution >= 4 is 37.5 Å². The molecule has 0 aliphatic rings. The topological polar surface area (TPSA) is 38.7 Å². The zero-order chi connectivity index (χ0) is 26.2. The van der Waals surface area contributed by atoms with E-state index in [1.807, 2.05) is 6.07 Å². The summed E-state index contributed by atoms with van der Waals surface area (Å²) >= 11 is 3.60. The average Bonchev–Trinajstić information content (AvgIpc) is 3.00. The third kappa shape index (κ3) is 4.71. The van der Waals surface area contributed by atoms with Crippen LogP contribution in [-0.2, 0) is 0 Å². The predicted molar refractivity (Wildman–Crippen MR) is 164 cm³/mol. The van der Waals surface area contributed by atoms with E-state index in [-0.39, 0.29) is 0 Å². The van der Waals surface area contributed by atoms with Crippen molar-refractivity contribution in [1.29, 1.82) is 0 Å². The summed E-state index contributed by atoms with van der Waals surface area (Å²) in [6.45, 7) is 0. The molecule has 0 amide bonds. The molecule has 0 radical (unpaired) electrons. The van der Waals surface area contributed by atoms with Crippen LogP contribution in [-0.4, -0.2) is 15.0 Å².